The lowest BCUT2D eigenvalue weighted by Gasteiger charge is -2.16. The van der Waals surface area contributed by atoms with Gasteiger partial charge in [-0.25, -0.2) is 0 Å². The van der Waals surface area contributed by atoms with Crippen molar-refractivity contribution in [2.75, 3.05) is 20.8 Å². The van der Waals surface area contributed by atoms with E-state index in [1.807, 2.05) is 12.1 Å². The maximum absolute atomic E-state index is 5.31. The highest BCUT2D eigenvalue weighted by atomic mass is 16.5. The molecule has 1 saturated carbocycles. The molecule has 0 aliphatic heterocycles. The first-order chi connectivity index (χ1) is 9.83. The van der Waals surface area contributed by atoms with Crippen molar-refractivity contribution >= 4 is 6.21 Å². The van der Waals surface area contributed by atoms with Gasteiger partial charge in [0, 0.05) is 12.8 Å². The monoisotopic (exact) mass is 275 g/mol. The summed E-state index contributed by atoms with van der Waals surface area (Å²) in [7, 11) is 3.33. The number of nitrogens with zero attached hydrogens (tertiary/aromatic N) is 1. The Hall–Kier alpha value is -1.51. The Balaban J connectivity index is 1.82. The molecule has 1 aromatic carbocycles. The van der Waals surface area contributed by atoms with Crippen LogP contribution < -0.4 is 9.47 Å². The Bertz CT molecular complexity index is 437. The van der Waals surface area contributed by atoms with E-state index in [9.17, 15) is 0 Å². The summed E-state index contributed by atoms with van der Waals surface area (Å²) in [6, 6.07) is 6.07. The van der Waals surface area contributed by atoms with Crippen molar-refractivity contribution < 1.29 is 9.47 Å². The highest BCUT2D eigenvalue weighted by Crippen LogP contribution is 2.27. The van der Waals surface area contributed by atoms with Gasteiger partial charge in [-0.3, -0.25) is 4.99 Å². The SMILES string of the molecule is COc1ccc(CCN=CC2CCCCC2)cc1OC. The lowest BCUT2D eigenvalue weighted by molar-refractivity contribution is 0.354. The number of aliphatic imine (C=N–C) groups is 1. The van der Waals surface area contributed by atoms with Crippen LogP contribution in [0.25, 0.3) is 0 Å². The smallest absolute Gasteiger partial charge is 0.160 e. The Kier molecular flexibility index (Phi) is 5.90. The van der Waals surface area contributed by atoms with Crippen LogP contribution in [-0.4, -0.2) is 27.0 Å². The van der Waals surface area contributed by atoms with Crippen LogP contribution in [0.2, 0.25) is 0 Å². The zero-order valence-electron chi connectivity index (χ0n) is 12.6. The van der Waals surface area contributed by atoms with Crippen LogP contribution in [0, 0.1) is 5.92 Å². The number of ether oxygens (including phenoxy) is 2. The highest BCUT2D eigenvalue weighted by molar-refractivity contribution is 5.60. The average molecular weight is 275 g/mol. The van der Waals surface area contributed by atoms with Gasteiger partial charge in [-0.05, 0) is 42.9 Å². The largest absolute Gasteiger partial charge is 0.493 e. The molecule has 0 spiro atoms. The van der Waals surface area contributed by atoms with Crippen LogP contribution in [0.3, 0.4) is 0 Å². The number of methoxy groups -OCH3 is 2. The third-order valence-electron chi connectivity index (χ3n) is 3.94. The van der Waals surface area contributed by atoms with Crippen LogP contribution in [-0.2, 0) is 6.42 Å². The molecule has 0 saturated heterocycles. The topological polar surface area (TPSA) is 30.8 Å². The Morgan fingerprint density at radius 2 is 1.85 bits per heavy atom. The molecule has 1 fully saturated rings. The van der Waals surface area contributed by atoms with Gasteiger partial charge in [0.2, 0.25) is 0 Å². The number of rotatable bonds is 6. The third-order valence-corrected chi connectivity index (χ3v) is 3.94. The summed E-state index contributed by atoms with van der Waals surface area (Å²) in [6.45, 7) is 0.853. The summed E-state index contributed by atoms with van der Waals surface area (Å²) >= 11 is 0. The maximum atomic E-state index is 5.31. The molecular formula is C17H25NO2. The predicted octanol–water partition coefficient (Wildman–Crippen LogP) is 3.90. The fraction of sp³-hybridized carbons (Fsp3) is 0.588. The molecule has 1 aliphatic rings. The van der Waals surface area contributed by atoms with Crippen LogP contribution in [0.4, 0.5) is 0 Å². The van der Waals surface area contributed by atoms with Crippen LogP contribution in [0.1, 0.15) is 37.7 Å². The molecule has 0 N–H and O–H groups in total. The molecule has 2 rings (SSSR count). The molecule has 3 heteroatoms. The van der Waals surface area contributed by atoms with Gasteiger partial charge in [0.25, 0.3) is 0 Å². The number of benzene rings is 1. The lowest BCUT2D eigenvalue weighted by Crippen LogP contribution is -2.07. The minimum atomic E-state index is 0.717. The fourth-order valence-electron chi connectivity index (χ4n) is 2.74. The van der Waals surface area contributed by atoms with Crippen LogP contribution in [0.5, 0.6) is 11.5 Å². The van der Waals surface area contributed by atoms with E-state index in [1.54, 1.807) is 14.2 Å². The summed E-state index contributed by atoms with van der Waals surface area (Å²) in [5.41, 5.74) is 1.24. The molecule has 20 heavy (non-hydrogen) atoms. The Morgan fingerprint density at radius 3 is 2.55 bits per heavy atom. The van der Waals surface area contributed by atoms with E-state index in [2.05, 4.69) is 17.3 Å². The van der Waals surface area contributed by atoms with Gasteiger partial charge in [0.1, 0.15) is 0 Å². The average Bonchev–Trinajstić information content (AvgIpc) is 2.52. The van der Waals surface area contributed by atoms with Crippen molar-refractivity contribution in [1.82, 2.24) is 0 Å². The van der Waals surface area contributed by atoms with Crippen molar-refractivity contribution in [3.05, 3.63) is 23.8 Å². The summed E-state index contributed by atoms with van der Waals surface area (Å²) in [5, 5.41) is 0. The molecular weight excluding hydrogens is 250 g/mol. The van der Waals surface area contributed by atoms with Gasteiger partial charge in [0.15, 0.2) is 11.5 Å². The second-order valence-electron chi connectivity index (χ2n) is 5.39. The number of hydrogen-bond donors (Lipinski definition) is 0. The van der Waals surface area contributed by atoms with Gasteiger partial charge >= 0.3 is 0 Å². The van der Waals surface area contributed by atoms with Gasteiger partial charge in [-0.1, -0.05) is 25.3 Å². The third kappa shape index (κ3) is 4.26. The van der Waals surface area contributed by atoms with Gasteiger partial charge in [0.05, 0.1) is 14.2 Å². The van der Waals surface area contributed by atoms with Crippen molar-refractivity contribution in [1.29, 1.82) is 0 Å². The van der Waals surface area contributed by atoms with Gasteiger partial charge in [-0.15, -0.1) is 0 Å². The van der Waals surface area contributed by atoms with E-state index < -0.39 is 0 Å². The van der Waals surface area contributed by atoms with Gasteiger partial charge < -0.3 is 9.47 Å². The van der Waals surface area contributed by atoms with Crippen molar-refractivity contribution in [3.8, 4) is 11.5 Å². The molecule has 0 aromatic heterocycles. The maximum Gasteiger partial charge on any atom is 0.160 e. The first-order valence-electron chi connectivity index (χ1n) is 7.54. The zero-order valence-corrected chi connectivity index (χ0v) is 12.6. The quantitative estimate of drug-likeness (QED) is 0.737. The molecule has 110 valence electrons. The number of hydrogen-bond acceptors (Lipinski definition) is 3. The molecule has 0 bridgehead atoms. The summed E-state index contributed by atoms with van der Waals surface area (Å²) < 4.78 is 10.6. The Labute approximate surface area is 122 Å². The molecule has 0 radical (unpaired) electrons. The minimum Gasteiger partial charge on any atom is -0.493 e. The molecule has 3 nitrogen and oxygen atoms in total. The van der Waals surface area contributed by atoms with Crippen molar-refractivity contribution in [2.24, 2.45) is 10.9 Å². The minimum absolute atomic E-state index is 0.717. The summed E-state index contributed by atoms with van der Waals surface area (Å²) in [6.07, 6.45) is 9.90. The second-order valence-corrected chi connectivity index (χ2v) is 5.39. The molecule has 0 amide bonds. The molecule has 1 aromatic rings. The molecule has 0 unspecified atom stereocenters. The van der Waals surface area contributed by atoms with E-state index in [0.29, 0.717) is 5.92 Å². The van der Waals surface area contributed by atoms with Gasteiger partial charge in [-0.2, -0.15) is 0 Å². The lowest BCUT2D eigenvalue weighted by atomic mass is 9.90. The fourth-order valence-corrected chi connectivity index (χ4v) is 2.74. The second kappa shape index (κ2) is 7.93. The zero-order chi connectivity index (χ0) is 14.2. The van der Waals surface area contributed by atoms with E-state index in [4.69, 9.17) is 9.47 Å². The first-order valence-corrected chi connectivity index (χ1v) is 7.54. The molecule has 0 heterocycles. The van der Waals surface area contributed by atoms with Crippen molar-refractivity contribution in [3.63, 3.8) is 0 Å². The molecule has 0 atom stereocenters. The van der Waals surface area contributed by atoms with E-state index >= 15 is 0 Å². The van der Waals surface area contributed by atoms with Crippen LogP contribution >= 0.6 is 0 Å². The van der Waals surface area contributed by atoms with Crippen LogP contribution in [0.15, 0.2) is 23.2 Å². The van der Waals surface area contributed by atoms with E-state index in [-0.39, 0.29) is 0 Å². The summed E-state index contributed by atoms with van der Waals surface area (Å²) in [5.74, 6) is 2.29. The highest BCUT2D eigenvalue weighted by Gasteiger charge is 2.10. The normalized spacial score (nSPS) is 16.5. The standard InChI is InChI=1S/C17H25NO2/c1-19-16-9-8-14(12-17(16)20-2)10-11-18-13-15-6-4-3-5-7-15/h8-9,12-13,15H,3-7,10-11H2,1-2H3. The predicted molar refractivity (Wildman–Crippen MR) is 83.2 cm³/mol. The first kappa shape index (κ1) is 14.9. The summed E-state index contributed by atoms with van der Waals surface area (Å²) in [4.78, 5) is 4.59. The van der Waals surface area contributed by atoms with Crippen molar-refractivity contribution in [2.45, 2.75) is 38.5 Å². The molecule has 1 aliphatic carbocycles. The Morgan fingerprint density at radius 1 is 1.10 bits per heavy atom. The van der Waals surface area contributed by atoms with E-state index in [1.165, 1.54) is 37.7 Å². The van der Waals surface area contributed by atoms with E-state index in [0.717, 1.165) is 24.5 Å².